The molecule has 1 amide bonds. The average molecular weight is 282 g/mol. The van der Waals surface area contributed by atoms with Crippen LogP contribution in [0.1, 0.15) is 25.7 Å². The number of Topliss-reactive ketones (excluding diaryl/α,β-unsaturated/α-hetero) is 1. The van der Waals surface area contributed by atoms with Gasteiger partial charge in [-0.15, -0.1) is 0 Å². The van der Waals surface area contributed by atoms with Crippen LogP contribution in [0.25, 0.3) is 0 Å². The van der Waals surface area contributed by atoms with E-state index in [9.17, 15) is 9.59 Å². The van der Waals surface area contributed by atoms with Gasteiger partial charge in [-0.25, -0.2) is 0 Å². The highest BCUT2D eigenvalue weighted by Gasteiger charge is 2.19. The van der Waals surface area contributed by atoms with Crippen LogP contribution in [0.4, 0.5) is 5.69 Å². The van der Waals surface area contributed by atoms with Gasteiger partial charge in [-0.05, 0) is 37.1 Å². The van der Waals surface area contributed by atoms with Crippen molar-refractivity contribution in [3.05, 3.63) is 29.3 Å². The minimum absolute atomic E-state index is 0.0154. The molecule has 0 saturated heterocycles. The molecule has 1 aromatic carbocycles. The first kappa shape index (κ1) is 14.0. The van der Waals surface area contributed by atoms with Crippen LogP contribution < -0.4 is 5.32 Å². The SMILES string of the molecule is O=C1CCC(OCC(=O)Nc2ccc(Cl)cc2)CC1. The number of amides is 1. The monoisotopic (exact) mass is 281 g/mol. The fourth-order valence-corrected chi connectivity index (χ4v) is 2.13. The van der Waals surface area contributed by atoms with Gasteiger partial charge in [0.25, 0.3) is 0 Å². The summed E-state index contributed by atoms with van der Waals surface area (Å²) >= 11 is 5.76. The zero-order valence-corrected chi connectivity index (χ0v) is 11.3. The van der Waals surface area contributed by atoms with Crippen LogP contribution in [0.5, 0.6) is 0 Å². The molecule has 1 N–H and O–H groups in total. The summed E-state index contributed by atoms with van der Waals surface area (Å²) < 4.78 is 5.50. The Morgan fingerprint density at radius 3 is 2.53 bits per heavy atom. The van der Waals surface area contributed by atoms with E-state index in [1.54, 1.807) is 24.3 Å². The highest BCUT2D eigenvalue weighted by molar-refractivity contribution is 6.30. The quantitative estimate of drug-likeness (QED) is 0.923. The van der Waals surface area contributed by atoms with Gasteiger partial charge in [0.05, 0.1) is 6.10 Å². The molecule has 1 aliphatic rings. The number of ketones is 1. The Morgan fingerprint density at radius 1 is 1.26 bits per heavy atom. The Kier molecular flexibility index (Phi) is 4.93. The van der Waals surface area contributed by atoms with Crippen molar-refractivity contribution in [3.8, 4) is 0 Å². The Labute approximate surface area is 117 Å². The summed E-state index contributed by atoms with van der Waals surface area (Å²) in [5.74, 6) is 0.0877. The lowest BCUT2D eigenvalue weighted by molar-refractivity contribution is -0.126. The van der Waals surface area contributed by atoms with Gasteiger partial charge in [-0.2, -0.15) is 0 Å². The van der Waals surface area contributed by atoms with Crippen LogP contribution in [0, 0.1) is 0 Å². The van der Waals surface area contributed by atoms with Crippen molar-refractivity contribution in [2.24, 2.45) is 0 Å². The number of rotatable bonds is 4. The molecule has 0 aliphatic heterocycles. The van der Waals surface area contributed by atoms with E-state index in [4.69, 9.17) is 16.3 Å². The topological polar surface area (TPSA) is 55.4 Å². The summed E-state index contributed by atoms with van der Waals surface area (Å²) in [6, 6.07) is 6.90. The zero-order chi connectivity index (χ0) is 13.7. The van der Waals surface area contributed by atoms with Crippen LogP contribution in [0.2, 0.25) is 5.02 Å². The van der Waals surface area contributed by atoms with Gasteiger partial charge in [0.1, 0.15) is 12.4 Å². The van der Waals surface area contributed by atoms with Gasteiger partial charge in [0.2, 0.25) is 5.91 Å². The van der Waals surface area contributed by atoms with Gasteiger partial charge >= 0.3 is 0 Å². The summed E-state index contributed by atoms with van der Waals surface area (Å²) in [4.78, 5) is 22.7. The Morgan fingerprint density at radius 2 is 1.89 bits per heavy atom. The molecule has 4 nitrogen and oxygen atoms in total. The average Bonchev–Trinajstić information content (AvgIpc) is 2.41. The van der Waals surface area contributed by atoms with Crippen molar-refractivity contribution in [2.75, 3.05) is 11.9 Å². The third-order valence-corrected chi connectivity index (χ3v) is 3.32. The van der Waals surface area contributed by atoms with Crippen molar-refractivity contribution in [3.63, 3.8) is 0 Å². The van der Waals surface area contributed by atoms with E-state index < -0.39 is 0 Å². The van der Waals surface area contributed by atoms with E-state index in [2.05, 4.69) is 5.32 Å². The van der Waals surface area contributed by atoms with Crippen molar-refractivity contribution >= 4 is 29.0 Å². The van der Waals surface area contributed by atoms with Crippen molar-refractivity contribution in [1.82, 2.24) is 0 Å². The molecule has 0 unspecified atom stereocenters. The van der Waals surface area contributed by atoms with Crippen LogP contribution in [0.15, 0.2) is 24.3 Å². The van der Waals surface area contributed by atoms with E-state index in [0.717, 1.165) is 0 Å². The molecule has 0 spiro atoms. The largest absolute Gasteiger partial charge is 0.368 e. The van der Waals surface area contributed by atoms with E-state index in [1.807, 2.05) is 0 Å². The maximum Gasteiger partial charge on any atom is 0.250 e. The predicted octanol–water partition coefficient (Wildman–Crippen LogP) is 2.81. The highest BCUT2D eigenvalue weighted by atomic mass is 35.5. The van der Waals surface area contributed by atoms with Crippen LogP contribution in [-0.4, -0.2) is 24.4 Å². The minimum Gasteiger partial charge on any atom is -0.368 e. The molecular weight excluding hydrogens is 266 g/mol. The maximum atomic E-state index is 11.7. The fraction of sp³-hybridized carbons (Fsp3) is 0.429. The molecule has 1 fully saturated rings. The third kappa shape index (κ3) is 4.65. The molecule has 0 heterocycles. The van der Waals surface area contributed by atoms with Gasteiger partial charge in [0, 0.05) is 23.6 Å². The zero-order valence-electron chi connectivity index (χ0n) is 10.5. The van der Waals surface area contributed by atoms with E-state index in [1.165, 1.54) is 0 Å². The highest BCUT2D eigenvalue weighted by Crippen LogP contribution is 2.18. The Bertz CT molecular complexity index is 448. The van der Waals surface area contributed by atoms with Gasteiger partial charge in [-0.3, -0.25) is 9.59 Å². The number of hydrogen-bond donors (Lipinski definition) is 1. The summed E-state index contributed by atoms with van der Waals surface area (Å²) in [5.41, 5.74) is 0.692. The molecule has 0 bridgehead atoms. The molecule has 5 heteroatoms. The lowest BCUT2D eigenvalue weighted by Crippen LogP contribution is -2.26. The molecule has 2 rings (SSSR count). The summed E-state index contributed by atoms with van der Waals surface area (Å²) in [6.07, 6.45) is 2.57. The number of benzene rings is 1. The Balaban J connectivity index is 1.72. The van der Waals surface area contributed by atoms with Crippen molar-refractivity contribution in [1.29, 1.82) is 0 Å². The number of nitrogens with one attached hydrogen (secondary N) is 1. The summed E-state index contributed by atoms with van der Waals surface area (Å²) in [6.45, 7) is 0.0154. The number of ether oxygens (including phenoxy) is 1. The van der Waals surface area contributed by atoms with Gasteiger partial charge in [-0.1, -0.05) is 11.6 Å². The van der Waals surface area contributed by atoms with E-state index in [-0.39, 0.29) is 24.4 Å². The van der Waals surface area contributed by atoms with Crippen molar-refractivity contribution in [2.45, 2.75) is 31.8 Å². The molecule has 0 aromatic heterocycles. The number of carbonyl (C=O) groups excluding carboxylic acids is 2. The molecular formula is C14H16ClNO3. The molecule has 102 valence electrons. The van der Waals surface area contributed by atoms with Gasteiger partial charge in [0.15, 0.2) is 0 Å². The molecule has 1 saturated carbocycles. The second-order valence-corrected chi connectivity index (χ2v) is 5.04. The minimum atomic E-state index is -0.195. The van der Waals surface area contributed by atoms with Crippen LogP contribution in [-0.2, 0) is 14.3 Å². The molecule has 0 radical (unpaired) electrons. The third-order valence-electron chi connectivity index (χ3n) is 3.07. The molecule has 1 aromatic rings. The second kappa shape index (κ2) is 6.68. The van der Waals surface area contributed by atoms with Gasteiger partial charge < -0.3 is 10.1 Å². The first-order valence-corrected chi connectivity index (χ1v) is 6.70. The summed E-state index contributed by atoms with van der Waals surface area (Å²) in [7, 11) is 0. The summed E-state index contributed by atoms with van der Waals surface area (Å²) in [5, 5.41) is 3.35. The lowest BCUT2D eigenvalue weighted by Gasteiger charge is -2.21. The lowest BCUT2D eigenvalue weighted by atomic mass is 9.96. The molecule has 0 atom stereocenters. The molecule has 1 aliphatic carbocycles. The van der Waals surface area contributed by atoms with Crippen molar-refractivity contribution < 1.29 is 14.3 Å². The van der Waals surface area contributed by atoms with E-state index >= 15 is 0 Å². The second-order valence-electron chi connectivity index (χ2n) is 4.60. The predicted molar refractivity (Wildman–Crippen MR) is 73.3 cm³/mol. The standard InChI is InChI=1S/C14H16ClNO3/c15-10-1-3-11(4-2-10)16-14(18)9-19-13-7-5-12(17)6-8-13/h1-4,13H,5-9H2,(H,16,18). The fourth-order valence-electron chi connectivity index (χ4n) is 2.00. The number of hydrogen-bond acceptors (Lipinski definition) is 3. The normalized spacial score (nSPS) is 16.4. The first-order valence-electron chi connectivity index (χ1n) is 6.32. The number of halogens is 1. The Hall–Kier alpha value is -1.39. The number of carbonyl (C=O) groups is 2. The van der Waals surface area contributed by atoms with Crippen LogP contribution in [0.3, 0.4) is 0 Å². The first-order chi connectivity index (χ1) is 9.13. The van der Waals surface area contributed by atoms with Crippen LogP contribution >= 0.6 is 11.6 Å². The van der Waals surface area contributed by atoms with E-state index in [0.29, 0.717) is 36.4 Å². The smallest absolute Gasteiger partial charge is 0.250 e. The molecule has 19 heavy (non-hydrogen) atoms. The number of anilines is 1. The maximum absolute atomic E-state index is 11.7.